The molecule has 0 radical (unpaired) electrons. The molecule has 118 valence electrons. The summed E-state index contributed by atoms with van der Waals surface area (Å²) in [7, 11) is 2.22. The third-order valence-corrected chi connectivity index (χ3v) is 4.83. The molecule has 0 aliphatic carbocycles. The first kappa shape index (κ1) is 16.8. The van der Waals surface area contributed by atoms with E-state index in [4.69, 9.17) is 0 Å². The molecule has 0 saturated carbocycles. The van der Waals surface area contributed by atoms with Gasteiger partial charge in [0.1, 0.15) is 7.85 Å². The molecule has 22 heavy (non-hydrogen) atoms. The number of nitrogens with zero attached hydrogens (tertiary/aromatic N) is 1. The Kier molecular flexibility index (Phi) is 4.79. The smallest absolute Gasteiger partial charge is 0.237 e. The Hall–Kier alpha value is -1.58. The molecular formula is C18H26BNO2. The summed E-state index contributed by atoms with van der Waals surface area (Å²) < 4.78 is 0. The van der Waals surface area contributed by atoms with Gasteiger partial charge in [0.25, 0.3) is 0 Å². The van der Waals surface area contributed by atoms with Crippen LogP contribution in [-0.4, -0.2) is 19.7 Å². The Balaban J connectivity index is 2.21. The second-order valence-electron chi connectivity index (χ2n) is 7.44. The molecule has 2 amide bonds. The van der Waals surface area contributed by atoms with E-state index in [1.165, 1.54) is 10.5 Å². The van der Waals surface area contributed by atoms with E-state index in [2.05, 4.69) is 28.6 Å². The molecule has 1 aliphatic rings. The zero-order valence-electron chi connectivity index (χ0n) is 14.3. The van der Waals surface area contributed by atoms with Gasteiger partial charge in [-0.1, -0.05) is 51.6 Å². The monoisotopic (exact) mass is 299 g/mol. The molecule has 0 aromatic heterocycles. The van der Waals surface area contributed by atoms with E-state index in [0.717, 1.165) is 12.8 Å². The van der Waals surface area contributed by atoms with Crippen molar-refractivity contribution in [2.75, 3.05) is 4.90 Å². The van der Waals surface area contributed by atoms with Gasteiger partial charge in [-0.3, -0.25) is 14.5 Å². The molecule has 3 nitrogen and oxygen atoms in total. The average Bonchev–Trinajstić information content (AvgIpc) is 2.72. The highest BCUT2D eigenvalue weighted by Crippen LogP contribution is 2.39. The van der Waals surface area contributed by atoms with Crippen LogP contribution in [0.1, 0.15) is 58.4 Å². The first-order valence-corrected chi connectivity index (χ1v) is 8.22. The second-order valence-corrected chi connectivity index (χ2v) is 7.44. The van der Waals surface area contributed by atoms with E-state index < -0.39 is 0 Å². The van der Waals surface area contributed by atoms with E-state index >= 15 is 0 Å². The van der Waals surface area contributed by atoms with Gasteiger partial charge in [-0.15, -0.1) is 0 Å². The van der Waals surface area contributed by atoms with Crippen molar-refractivity contribution in [3.05, 3.63) is 29.8 Å². The SMILES string of the molecule is BC(C)(C)C(C)c1ccc(N2C(=O)CC(CCC)C2=O)cc1. The summed E-state index contributed by atoms with van der Waals surface area (Å²) in [6.45, 7) is 8.68. The molecule has 0 bridgehead atoms. The third-order valence-electron chi connectivity index (χ3n) is 4.83. The van der Waals surface area contributed by atoms with Gasteiger partial charge < -0.3 is 0 Å². The van der Waals surface area contributed by atoms with Crippen molar-refractivity contribution in [2.24, 2.45) is 5.92 Å². The highest BCUT2D eigenvalue weighted by Gasteiger charge is 2.38. The van der Waals surface area contributed by atoms with Gasteiger partial charge >= 0.3 is 0 Å². The Labute approximate surface area is 134 Å². The second kappa shape index (κ2) is 6.27. The minimum Gasteiger partial charge on any atom is -0.274 e. The maximum Gasteiger partial charge on any atom is 0.237 e. The van der Waals surface area contributed by atoms with Gasteiger partial charge in [0.05, 0.1) is 5.69 Å². The maximum absolute atomic E-state index is 12.4. The minimum atomic E-state index is -0.134. The Bertz CT molecular complexity index is 559. The summed E-state index contributed by atoms with van der Waals surface area (Å²) in [4.78, 5) is 25.9. The van der Waals surface area contributed by atoms with Crippen LogP contribution in [0.5, 0.6) is 0 Å². The molecule has 1 aromatic carbocycles. The van der Waals surface area contributed by atoms with Crippen LogP contribution >= 0.6 is 0 Å². The highest BCUT2D eigenvalue weighted by molar-refractivity contribution is 6.20. The fraction of sp³-hybridized carbons (Fsp3) is 0.556. The van der Waals surface area contributed by atoms with E-state index in [1.54, 1.807) is 0 Å². The first-order valence-electron chi connectivity index (χ1n) is 8.22. The number of amides is 2. The Morgan fingerprint density at radius 2 is 1.86 bits per heavy atom. The van der Waals surface area contributed by atoms with Crippen LogP contribution in [0.15, 0.2) is 24.3 Å². The Morgan fingerprint density at radius 3 is 2.36 bits per heavy atom. The standard InChI is InChI=1S/C18H26BNO2/c1-5-6-14-11-16(21)20(17(14)22)15-9-7-13(8-10-15)12(2)18(3,4)19/h7-10,12,14H,5-6,11,19H2,1-4H3. The van der Waals surface area contributed by atoms with Crippen molar-refractivity contribution >= 4 is 25.3 Å². The number of rotatable bonds is 5. The zero-order chi connectivity index (χ0) is 16.5. The van der Waals surface area contributed by atoms with E-state index in [0.29, 0.717) is 18.0 Å². The van der Waals surface area contributed by atoms with Crippen LogP contribution < -0.4 is 4.90 Å². The van der Waals surface area contributed by atoms with E-state index in [9.17, 15) is 9.59 Å². The van der Waals surface area contributed by atoms with Crippen LogP contribution in [-0.2, 0) is 9.59 Å². The minimum absolute atomic E-state index is 0.0385. The summed E-state index contributed by atoms with van der Waals surface area (Å²) in [5, 5.41) is 0.188. The van der Waals surface area contributed by atoms with Crippen molar-refractivity contribution in [3.63, 3.8) is 0 Å². The molecule has 0 N–H and O–H groups in total. The lowest BCUT2D eigenvalue weighted by atomic mass is 9.62. The van der Waals surface area contributed by atoms with Gasteiger partial charge in [-0.05, 0) is 30.0 Å². The molecule has 2 atom stereocenters. The van der Waals surface area contributed by atoms with Gasteiger partial charge in [-0.2, -0.15) is 0 Å². The predicted molar refractivity (Wildman–Crippen MR) is 93.0 cm³/mol. The molecule has 0 spiro atoms. The lowest BCUT2D eigenvalue weighted by molar-refractivity contribution is -0.122. The van der Waals surface area contributed by atoms with Crippen molar-refractivity contribution in [3.8, 4) is 0 Å². The van der Waals surface area contributed by atoms with Crippen LogP contribution in [0.25, 0.3) is 0 Å². The van der Waals surface area contributed by atoms with Gasteiger partial charge in [0.2, 0.25) is 11.8 Å². The van der Waals surface area contributed by atoms with Crippen molar-refractivity contribution < 1.29 is 9.59 Å². The molecule has 1 saturated heterocycles. The summed E-state index contributed by atoms with van der Waals surface area (Å²) >= 11 is 0. The van der Waals surface area contributed by atoms with Gasteiger partial charge in [-0.25, -0.2) is 0 Å². The molecule has 1 aliphatic heterocycles. The number of carbonyl (C=O) groups is 2. The normalized spacial score (nSPS) is 20.5. The molecular weight excluding hydrogens is 273 g/mol. The first-order chi connectivity index (χ1) is 10.3. The number of imide groups is 1. The Morgan fingerprint density at radius 1 is 1.27 bits per heavy atom. The number of benzene rings is 1. The fourth-order valence-electron chi connectivity index (χ4n) is 2.95. The number of carbonyl (C=O) groups excluding carboxylic acids is 2. The quantitative estimate of drug-likeness (QED) is 0.618. The largest absolute Gasteiger partial charge is 0.274 e. The summed E-state index contributed by atoms with van der Waals surface area (Å²) in [6.07, 6.45) is 2.08. The van der Waals surface area contributed by atoms with Crippen molar-refractivity contribution in [2.45, 2.75) is 58.2 Å². The molecule has 2 rings (SSSR count). The number of anilines is 1. The molecule has 1 aromatic rings. The van der Waals surface area contributed by atoms with Crippen LogP contribution in [0.2, 0.25) is 5.31 Å². The van der Waals surface area contributed by atoms with Gasteiger partial charge in [0, 0.05) is 12.3 Å². The van der Waals surface area contributed by atoms with Crippen LogP contribution in [0, 0.1) is 5.92 Å². The number of hydrogen-bond acceptors (Lipinski definition) is 2. The highest BCUT2D eigenvalue weighted by atomic mass is 16.2. The van der Waals surface area contributed by atoms with E-state index in [1.807, 2.05) is 31.2 Å². The van der Waals surface area contributed by atoms with Crippen molar-refractivity contribution in [1.82, 2.24) is 0 Å². The number of hydrogen-bond donors (Lipinski definition) is 0. The summed E-state index contributed by atoms with van der Waals surface area (Å²) in [5.41, 5.74) is 1.94. The molecule has 4 heteroatoms. The topological polar surface area (TPSA) is 37.4 Å². The van der Waals surface area contributed by atoms with Crippen molar-refractivity contribution in [1.29, 1.82) is 0 Å². The lowest BCUT2D eigenvalue weighted by Crippen LogP contribution is -2.30. The molecule has 1 fully saturated rings. The summed E-state index contributed by atoms with van der Waals surface area (Å²) in [6, 6.07) is 7.89. The van der Waals surface area contributed by atoms with Crippen LogP contribution in [0.3, 0.4) is 0 Å². The average molecular weight is 299 g/mol. The zero-order valence-corrected chi connectivity index (χ0v) is 14.3. The summed E-state index contributed by atoms with van der Waals surface area (Å²) in [5.74, 6) is 0.175. The van der Waals surface area contributed by atoms with E-state index in [-0.39, 0.29) is 23.0 Å². The van der Waals surface area contributed by atoms with Gasteiger partial charge in [0.15, 0.2) is 0 Å². The maximum atomic E-state index is 12.4. The van der Waals surface area contributed by atoms with Crippen LogP contribution in [0.4, 0.5) is 5.69 Å². The molecule has 2 unspecified atom stereocenters. The lowest BCUT2D eigenvalue weighted by Gasteiger charge is -2.28. The fourth-order valence-corrected chi connectivity index (χ4v) is 2.95. The predicted octanol–water partition coefficient (Wildman–Crippen LogP) is 3.30. The molecule has 1 heterocycles. The third kappa shape index (κ3) is 3.26.